The monoisotopic (exact) mass is 446 g/mol. The zero-order chi connectivity index (χ0) is 22.7. The number of nitrogens with zero attached hydrogens (tertiary/aromatic N) is 5. The number of carbonyl (C=O) groups is 1. The Morgan fingerprint density at radius 3 is 2.48 bits per heavy atom. The van der Waals surface area contributed by atoms with Gasteiger partial charge in [-0.25, -0.2) is 9.50 Å². The number of aryl methyl sites for hydroxylation is 1. The number of fused-ring (bicyclic) bond motifs is 1. The molecule has 0 radical (unpaired) electrons. The molecular formula is C26H34N6O. The quantitative estimate of drug-likeness (QED) is 0.598. The minimum atomic E-state index is -0.0741. The van der Waals surface area contributed by atoms with E-state index in [-0.39, 0.29) is 17.4 Å². The van der Waals surface area contributed by atoms with Gasteiger partial charge in [-0.2, -0.15) is 10.2 Å². The van der Waals surface area contributed by atoms with E-state index in [0.29, 0.717) is 11.3 Å². The number of hydrogen-bond donors (Lipinski definition) is 1. The summed E-state index contributed by atoms with van der Waals surface area (Å²) in [4.78, 5) is 17.9. The molecule has 1 atom stereocenters. The van der Waals surface area contributed by atoms with Gasteiger partial charge < -0.3 is 5.32 Å². The highest BCUT2D eigenvalue weighted by atomic mass is 16.2. The first-order valence-corrected chi connectivity index (χ1v) is 12.7. The summed E-state index contributed by atoms with van der Waals surface area (Å²) in [6.07, 6.45) is 12.7. The van der Waals surface area contributed by atoms with Crippen LogP contribution in [-0.4, -0.2) is 36.3 Å². The van der Waals surface area contributed by atoms with Crippen LogP contribution in [0.2, 0.25) is 0 Å². The molecule has 0 aromatic carbocycles. The molecule has 33 heavy (non-hydrogen) atoms. The van der Waals surface area contributed by atoms with Gasteiger partial charge in [0, 0.05) is 36.1 Å². The summed E-state index contributed by atoms with van der Waals surface area (Å²) in [7, 11) is 0. The highest BCUT2D eigenvalue weighted by molar-refractivity contribution is 5.93. The van der Waals surface area contributed by atoms with Gasteiger partial charge in [0.15, 0.2) is 11.3 Å². The van der Waals surface area contributed by atoms with Crippen molar-refractivity contribution in [1.29, 1.82) is 0 Å². The van der Waals surface area contributed by atoms with Gasteiger partial charge in [-0.3, -0.25) is 9.48 Å². The van der Waals surface area contributed by atoms with Crippen LogP contribution in [0.25, 0.3) is 16.9 Å². The van der Waals surface area contributed by atoms with Crippen LogP contribution in [0.3, 0.4) is 0 Å². The van der Waals surface area contributed by atoms with Gasteiger partial charge in [-0.15, -0.1) is 0 Å². The second kappa shape index (κ2) is 7.67. The van der Waals surface area contributed by atoms with Crippen LogP contribution in [0.4, 0.5) is 0 Å². The Balaban J connectivity index is 1.29. The molecular weight excluding hydrogens is 412 g/mol. The highest BCUT2D eigenvalue weighted by Gasteiger charge is 2.54. The van der Waals surface area contributed by atoms with Crippen molar-refractivity contribution < 1.29 is 4.79 Å². The maximum Gasteiger partial charge on any atom is 0.272 e. The minimum Gasteiger partial charge on any atom is -0.347 e. The molecule has 0 spiro atoms. The van der Waals surface area contributed by atoms with Gasteiger partial charge >= 0.3 is 0 Å². The van der Waals surface area contributed by atoms with Crippen molar-refractivity contribution in [2.24, 2.45) is 23.2 Å². The summed E-state index contributed by atoms with van der Waals surface area (Å²) in [6.45, 7) is 7.18. The van der Waals surface area contributed by atoms with Crippen LogP contribution in [0.5, 0.6) is 0 Å². The molecule has 1 N–H and O–H groups in total. The van der Waals surface area contributed by atoms with Crippen LogP contribution < -0.4 is 5.32 Å². The summed E-state index contributed by atoms with van der Waals surface area (Å²) >= 11 is 0. The van der Waals surface area contributed by atoms with Crippen molar-refractivity contribution in [3.05, 3.63) is 35.9 Å². The molecule has 1 amide bonds. The molecule has 1 unspecified atom stereocenters. The van der Waals surface area contributed by atoms with E-state index in [1.165, 1.54) is 38.5 Å². The molecule has 4 saturated carbocycles. The molecule has 7 nitrogen and oxygen atoms in total. The normalized spacial score (nSPS) is 29.0. The standard InChI is InChI=1S/C26H34N6O/c1-4-23(26-12-17-8-18(13-26)10-19(9-17)14-26)29-25(33)21-11-24-27-7-6-22(32(24)30-21)20-15-28-31(5-2)16(20)3/h6-7,11,15,17-19,23H,4-5,8-10,12-14H2,1-3H3,(H,29,33). The fraction of sp³-hybridized carbons (Fsp3) is 0.615. The lowest BCUT2D eigenvalue weighted by molar-refractivity contribution is -0.0727. The number of aromatic nitrogens is 5. The van der Waals surface area contributed by atoms with E-state index in [4.69, 9.17) is 5.10 Å². The molecule has 4 aliphatic carbocycles. The molecule has 4 fully saturated rings. The van der Waals surface area contributed by atoms with Gasteiger partial charge in [0.1, 0.15) is 0 Å². The fourth-order valence-electron chi connectivity index (χ4n) is 7.75. The molecule has 3 aromatic rings. The van der Waals surface area contributed by atoms with E-state index < -0.39 is 0 Å². The van der Waals surface area contributed by atoms with Gasteiger partial charge in [-0.1, -0.05) is 6.92 Å². The first kappa shape index (κ1) is 20.9. The van der Waals surface area contributed by atoms with E-state index in [9.17, 15) is 4.79 Å². The lowest BCUT2D eigenvalue weighted by atomic mass is 9.47. The zero-order valence-corrected chi connectivity index (χ0v) is 19.9. The molecule has 0 saturated heterocycles. The third-order valence-corrected chi connectivity index (χ3v) is 8.81. The Labute approximate surface area is 195 Å². The zero-order valence-electron chi connectivity index (χ0n) is 19.9. The van der Waals surface area contributed by atoms with Gasteiger partial charge in [0.2, 0.25) is 0 Å². The van der Waals surface area contributed by atoms with Crippen molar-refractivity contribution in [3.8, 4) is 11.3 Å². The minimum absolute atomic E-state index is 0.0741. The second-order valence-corrected chi connectivity index (χ2v) is 10.8. The molecule has 7 heteroatoms. The Kier molecular flexibility index (Phi) is 4.85. The summed E-state index contributed by atoms with van der Waals surface area (Å²) in [6, 6.07) is 3.97. The predicted octanol–water partition coefficient (Wildman–Crippen LogP) is 4.65. The molecule has 174 valence electrons. The van der Waals surface area contributed by atoms with Crippen molar-refractivity contribution in [1.82, 2.24) is 29.7 Å². The Hall–Kier alpha value is -2.70. The highest BCUT2D eigenvalue weighted by Crippen LogP contribution is 2.61. The number of hydrogen-bond acceptors (Lipinski definition) is 4. The van der Waals surface area contributed by atoms with Gasteiger partial charge in [-0.05, 0) is 88.0 Å². The molecule has 3 aromatic heterocycles. The van der Waals surface area contributed by atoms with E-state index >= 15 is 0 Å². The van der Waals surface area contributed by atoms with Crippen LogP contribution in [-0.2, 0) is 6.54 Å². The lowest BCUT2D eigenvalue weighted by Crippen LogP contribution is -2.56. The Bertz CT molecular complexity index is 1170. The average Bonchev–Trinajstić information content (AvgIpc) is 3.39. The summed E-state index contributed by atoms with van der Waals surface area (Å²) in [5.41, 5.74) is 4.42. The summed E-state index contributed by atoms with van der Waals surface area (Å²) in [5.74, 6) is 2.54. The van der Waals surface area contributed by atoms with E-state index in [1.54, 1.807) is 10.7 Å². The lowest BCUT2D eigenvalue weighted by Gasteiger charge is -2.59. The second-order valence-electron chi connectivity index (χ2n) is 10.8. The van der Waals surface area contributed by atoms with E-state index in [1.807, 2.05) is 23.0 Å². The number of rotatable bonds is 6. The SMILES string of the molecule is CCC(NC(=O)c1cc2nccc(-c3cnn(CC)c3C)n2n1)C12CC3CC(CC(C3)C1)C2. The maximum atomic E-state index is 13.4. The molecule has 4 bridgehead atoms. The summed E-state index contributed by atoms with van der Waals surface area (Å²) in [5, 5.41) is 12.6. The maximum absolute atomic E-state index is 13.4. The van der Waals surface area contributed by atoms with Crippen molar-refractivity contribution in [3.63, 3.8) is 0 Å². The van der Waals surface area contributed by atoms with Gasteiger partial charge in [0.25, 0.3) is 5.91 Å². The largest absolute Gasteiger partial charge is 0.347 e. The average molecular weight is 447 g/mol. The van der Waals surface area contributed by atoms with Crippen LogP contribution >= 0.6 is 0 Å². The van der Waals surface area contributed by atoms with Crippen molar-refractivity contribution >= 4 is 11.6 Å². The number of nitrogens with one attached hydrogen (secondary N) is 1. The van der Waals surface area contributed by atoms with Crippen molar-refractivity contribution in [2.45, 2.75) is 78.3 Å². The first-order valence-electron chi connectivity index (χ1n) is 12.7. The Morgan fingerprint density at radius 1 is 1.18 bits per heavy atom. The molecule has 7 rings (SSSR count). The summed E-state index contributed by atoms with van der Waals surface area (Å²) < 4.78 is 3.75. The molecule has 4 aliphatic rings. The topological polar surface area (TPSA) is 77.1 Å². The first-order chi connectivity index (χ1) is 16.0. The number of amides is 1. The fourth-order valence-corrected chi connectivity index (χ4v) is 7.75. The van der Waals surface area contributed by atoms with E-state index in [2.05, 4.69) is 36.2 Å². The third kappa shape index (κ3) is 3.30. The number of carbonyl (C=O) groups excluding carboxylic acids is 1. The third-order valence-electron chi connectivity index (χ3n) is 8.81. The molecule has 3 heterocycles. The van der Waals surface area contributed by atoms with Gasteiger partial charge in [0.05, 0.1) is 11.9 Å². The molecule has 0 aliphatic heterocycles. The van der Waals surface area contributed by atoms with Crippen LogP contribution in [0, 0.1) is 30.1 Å². The smallest absolute Gasteiger partial charge is 0.272 e. The van der Waals surface area contributed by atoms with Crippen LogP contribution in [0.1, 0.15) is 75.0 Å². The van der Waals surface area contributed by atoms with E-state index in [0.717, 1.165) is 47.7 Å². The predicted molar refractivity (Wildman–Crippen MR) is 127 cm³/mol. The van der Waals surface area contributed by atoms with Crippen LogP contribution in [0.15, 0.2) is 24.5 Å². The Morgan fingerprint density at radius 2 is 1.88 bits per heavy atom. The van der Waals surface area contributed by atoms with Crippen molar-refractivity contribution in [2.75, 3.05) is 0 Å².